The van der Waals surface area contributed by atoms with Crippen LogP contribution in [0, 0.1) is 11.6 Å². The van der Waals surface area contributed by atoms with Gasteiger partial charge >= 0.3 is 0 Å². The maximum absolute atomic E-state index is 13.6. The van der Waals surface area contributed by atoms with Crippen molar-refractivity contribution in [2.45, 2.75) is 11.4 Å². The fourth-order valence-corrected chi connectivity index (χ4v) is 3.11. The summed E-state index contributed by atoms with van der Waals surface area (Å²) in [6.45, 7) is 0.468. The summed E-state index contributed by atoms with van der Waals surface area (Å²) in [5.74, 6) is -2.42. The number of ether oxygens (including phenoxy) is 1. The summed E-state index contributed by atoms with van der Waals surface area (Å²) < 4.78 is 57.6. The highest BCUT2D eigenvalue weighted by molar-refractivity contribution is 7.89. The molecule has 0 saturated carbocycles. The van der Waals surface area contributed by atoms with Gasteiger partial charge in [0.05, 0.1) is 17.1 Å². The highest BCUT2D eigenvalue weighted by atomic mass is 32.2. The van der Waals surface area contributed by atoms with E-state index < -0.39 is 27.6 Å². The normalized spacial score (nSPS) is 11.3. The Balaban J connectivity index is 1.98. The lowest BCUT2D eigenvalue weighted by molar-refractivity contribution is 0.0946. The quantitative estimate of drug-likeness (QED) is 0.680. The molecule has 2 rings (SSSR count). The molecular formula is C17H18F2N2O4S. The minimum absolute atomic E-state index is 0.0626. The third-order valence-corrected chi connectivity index (χ3v) is 4.94. The first-order valence-electron chi connectivity index (χ1n) is 7.64. The van der Waals surface area contributed by atoms with Crippen LogP contribution in [0.4, 0.5) is 8.78 Å². The number of carbonyl (C=O) groups is 1. The topological polar surface area (TPSA) is 84.5 Å². The summed E-state index contributed by atoms with van der Waals surface area (Å²) in [6.07, 6.45) is 0. The number of amides is 1. The zero-order chi connectivity index (χ0) is 19.2. The Bertz CT molecular complexity index is 871. The average molecular weight is 384 g/mol. The second-order valence-electron chi connectivity index (χ2n) is 5.34. The first-order chi connectivity index (χ1) is 12.3. The number of nitrogens with one attached hydrogen (secondary N) is 2. The molecule has 2 N–H and O–H groups in total. The lowest BCUT2D eigenvalue weighted by Crippen LogP contribution is -2.27. The van der Waals surface area contributed by atoms with Gasteiger partial charge in [0.2, 0.25) is 10.0 Å². The van der Waals surface area contributed by atoms with Gasteiger partial charge in [-0.25, -0.2) is 21.9 Å². The van der Waals surface area contributed by atoms with Crippen LogP contribution >= 0.6 is 0 Å². The van der Waals surface area contributed by atoms with E-state index in [9.17, 15) is 22.0 Å². The fraction of sp³-hybridized carbons (Fsp3) is 0.235. The lowest BCUT2D eigenvalue weighted by Gasteiger charge is -2.09. The fourth-order valence-electron chi connectivity index (χ4n) is 2.10. The van der Waals surface area contributed by atoms with Crippen molar-refractivity contribution >= 4 is 15.9 Å². The lowest BCUT2D eigenvalue weighted by atomic mass is 10.2. The molecule has 140 valence electrons. The number of halogens is 2. The van der Waals surface area contributed by atoms with Crippen molar-refractivity contribution in [3.05, 3.63) is 65.2 Å². The van der Waals surface area contributed by atoms with Crippen LogP contribution in [0.25, 0.3) is 0 Å². The maximum atomic E-state index is 13.6. The first-order valence-corrected chi connectivity index (χ1v) is 9.12. The van der Waals surface area contributed by atoms with Crippen LogP contribution < -0.4 is 10.0 Å². The Kier molecular flexibility index (Phi) is 6.78. The summed E-state index contributed by atoms with van der Waals surface area (Å²) in [6, 6.07) is 8.54. The summed E-state index contributed by atoms with van der Waals surface area (Å²) in [7, 11) is -2.17. The number of sulfonamides is 1. The van der Waals surface area contributed by atoms with E-state index in [-0.39, 0.29) is 30.2 Å². The molecule has 0 atom stereocenters. The summed E-state index contributed by atoms with van der Waals surface area (Å²) in [4.78, 5) is 12.0. The van der Waals surface area contributed by atoms with Crippen LogP contribution in [0.15, 0.2) is 47.4 Å². The van der Waals surface area contributed by atoms with Crippen LogP contribution in [0.1, 0.15) is 15.9 Å². The Morgan fingerprint density at radius 2 is 1.81 bits per heavy atom. The molecule has 26 heavy (non-hydrogen) atoms. The van der Waals surface area contributed by atoms with Crippen molar-refractivity contribution in [3.63, 3.8) is 0 Å². The molecule has 0 spiro atoms. The maximum Gasteiger partial charge on any atom is 0.254 e. The van der Waals surface area contributed by atoms with Gasteiger partial charge < -0.3 is 10.1 Å². The molecule has 1 amide bonds. The summed E-state index contributed by atoms with van der Waals surface area (Å²) in [5.41, 5.74) is 0.352. The van der Waals surface area contributed by atoms with Crippen molar-refractivity contribution in [2.24, 2.45) is 0 Å². The Morgan fingerprint density at radius 1 is 1.12 bits per heavy atom. The standard InChI is InChI=1S/C17H18F2N2O4S/c1-25-9-8-21-26(23,24)14-5-2-12(3-6-14)11-20-17(22)15-7-4-13(18)10-16(15)19/h2-7,10,21H,8-9,11H2,1H3,(H,20,22). The molecule has 0 unspecified atom stereocenters. The van der Waals surface area contributed by atoms with E-state index in [2.05, 4.69) is 10.0 Å². The number of rotatable bonds is 8. The minimum Gasteiger partial charge on any atom is -0.383 e. The van der Waals surface area contributed by atoms with Crippen LogP contribution in [0.2, 0.25) is 0 Å². The molecular weight excluding hydrogens is 366 g/mol. The van der Waals surface area contributed by atoms with Crippen molar-refractivity contribution in [2.75, 3.05) is 20.3 Å². The monoisotopic (exact) mass is 384 g/mol. The molecule has 2 aromatic rings. The number of hydrogen-bond acceptors (Lipinski definition) is 4. The molecule has 0 aromatic heterocycles. The Labute approximate surface area is 150 Å². The van der Waals surface area contributed by atoms with Crippen LogP contribution in [-0.4, -0.2) is 34.6 Å². The van der Waals surface area contributed by atoms with Crippen molar-refractivity contribution in [1.82, 2.24) is 10.0 Å². The van der Waals surface area contributed by atoms with E-state index in [0.717, 1.165) is 12.1 Å². The highest BCUT2D eigenvalue weighted by Crippen LogP contribution is 2.12. The van der Waals surface area contributed by atoms with Crippen molar-refractivity contribution in [3.8, 4) is 0 Å². The molecule has 0 saturated heterocycles. The number of benzene rings is 2. The van der Waals surface area contributed by atoms with Gasteiger partial charge in [0.1, 0.15) is 11.6 Å². The molecule has 0 aliphatic rings. The first kappa shape index (κ1) is 20.0. The molecule has 2 aromatic carbocycles. The SMILES string of the molecule is COCCNS(=O)(=O)c1ccc(CNC(=O)c2ccc(F)cc2F)cc1. The van der Waals surface area contributed by atoms with Crippen LogP contribution in [-0.2, 0) is 21.3 Å². The predicted octanol–water partition coefficient (Wildman–Crippen LogP) is 1.82. The Hall–Kier alpha value is -2.36. The molecule has 0 aliphatic heterocycles. The molecule has 6 nitrogen and oxygen atoms in total. The van der Waals surface area contributed by atoms with E-state index in [1.807, 2.05) is 0 Å². The second-order valence-corrected chi connectivity index (χ2v) is 7.11. The van der Waals surface area contributed by atoms with Crippen molar-refractivity contribution < 1.29 is 26.7 Å². The average Bonchev–Trinajstić information content (AvgIpc) is 2.60. The van der Waals surface area contributed by atoms with Gasteiger partial charge in [0.25, 0.3) is 5.91 Å². The van der Waals surface area contributed by atoms with Crippen LogP contribution in [0.3, 0.4) is 0 Å². The second kappa shape index (κ2) is 8.84. The summed E-state index contributed by atoms with van der Waals surface area (Å²) in [5, 5.41) is 2.49. The number of hydrogen-bond donors (Lipinski definition) is 2. The number of methoxy groups -OCH3 is 1. The van der Waals surface area contributed by atoms with Gasteiger partial charge in [-0.15, -0.1) is 0 Å². The van der Waals surface area contributed by atoms with Gasteiger partial charge in [-0.1, -0.05) is 12.1 Å². The highest BCUT2D eigenvalue weighted by Gasteiger charge is 2.14. The third-order valence-electron chi connectivity index (χ3n) is 3.46. The van der Waals surface area contributed by atoms with Gasteiger partial charge in [-0.05, 0) is 29.8 Å². The molecule has 9 heteroatoms. The van der Waals surface area contributed by atoms with E-state index in [0.29, 0.717) is 11.6 Å². The third kappa shape index (κ3) is 5.32. The van der Waals surface area contributed by atoms with E-state index >= 15 is 0 Å². The zero-order valence-electron chi connectivity index (χ0n) is 14.0. The molecule has 0 fully saturated rings. The number of carbonyl (C=O) groups excluding carboxylic acids is 1. The molecule has 0 aliphatic carbocycles. The predicted molar refractivity (Wildman–Crippen MR) is 91.0 cm³/mol. The van der Waals surface area contributed by atoms with Gasteiger partial charge in [-0.3, -0.25) is 4.79 Å². The van der Waals surface area contributed by atoms with Crippen LogP contribution in [0.5, 0.6) is 0 Å². The minimum atomic E-state index is -3.64. The van der Waals surface area contributed by atoms with Gasteiger partial charge in [-0.2, -0.15) is 0 Å². The Morgan fingerprint density at radius 3 is 2.42 bits per heavy atom. The molecule has 0 bridgehead atoms. The van der Waals surface area contributed by atoms with Crippen molar-refractivity contribution in [1.29, 1.82) is 0 Å². The zero-order valence-corrected chi connectivity index (χ0v) is 14.8. The molecule has 0 heterocycles. The largest absolute Gasteiger partial charge is 0.383 e. The van der Waals surface area contributed by atoms with E-state index in [1.54, 1.807) is 0 Å². The van der Waals surface area contributed by atoms with E-state index in [4.69, 9.17) is 4.74 Å². The van der Waals surface area contributed by atoms with E-state index in [1.165, 1.54) is 31.4 Å². The smallest absolute Gasteiger partial charge is 0.254 e. The van der Waals surface area contributed by atoms with Gasteiger partial charge in [0.15, 0.2) is 0 Å². The molecule has 0 radical (unpaired) electrons. The summed E-state index contributed by atoms with van der Waals surface area (Å²) >= 11 is 0. The van der Waals surface area contributed by atoms with Gasteiger partial charge in [0, 0.05) is 26.3 Å².